The molecule has 0 atom stereocenters. The molecule has 2 aromatic carbocycles. The Morgan fingerprint density at radius 2 is 1.77 bits per heavy atom. The van der Waals surface area contributed by atoms with Crippen LogP contribution in [0.15, 0.2) is 73.4 Å². The molecule has 5 nitrogen and oxygen atoms in total. The fraction of sp³-hybridized carbons (Fsp3) is 0.231. The van der Waals surface area contributed by atoms with Crippen LogP contribution in [0.2, 0.25) is 0 Å². The summed E-state index contributed by atoms with van der Waals surface area (Å²) in [6, 6.07) is 20.6. The molecule has 0 unspecified atom stereocenters. The molecule has 1 aliphatic rings. The lowest BCUT2D eigenvalue weighted by atomic mass is 10.0. The second-order valence-corrected chi connectivity index (χ2v) is 8.24. The van der Waals surface area contributed by atoms with Gasteiger partial charge >= 0.3 is 0 Å². The molecule has 1 saturated carbocycles. The molecule has 31 heavy (non-hydrogen) atoms. The number of aromatic nitrogens is 3. The molecule has 0 saturated heterocycles. The van der Waals surface area contributed by atoms with Gasteiger partial charge in [-0.3, -0.25) is 0 Å². The highest BCUT2D eigenvalue weighted by Gasteiger charge is 2.24. The number of nitrogens with one attached hydrogen (secondary N) is 1. The molecule has 0 aliphatic heterocycles. The highest BCUT2D eigenvalue weighted by molar-refractivity contribution is 5.91. The van der Waals surface area contributed by atoms with Crippen LogP contribution in [0.3, 0.4) is 0 Å². The molecule has 0 radical (unpaired) electrons. The van der Waals surface area contributed by atoms with Gasteiger partial charge in [0.25, 0.3) is 0 Å². The molecular formula is C26H27N5. The number of rotatable bonds is 6. The summed E-state index contributed by atoms with van der Waals surface area (Å²) in [5.41, 5.74) is 12.5. The maximum absolute atomic E-state index is 6.28. The van der Waals surface area contributed by atoms with E-state index < -0.39 is 0 Å². The van der Waals surface area contributed by atoms with Gasteiger partial charge in [-0.25, -0.2) is 9.67 Å². The number of anilines is 1. The van der Waals surface area contributed by atoms with Crippen LogP contribution in [0.4, 0.5) is 5.82 Å². The van der Waals surface area contributed by atoms with E-state index in [-0.39, 0.29) is 0 Å². The van der Waals surface area contributed by atoms with E-state index in [1.165, 1.54) is 31.2 Å². The maximum Gasteiger partial charge on any atom is 0.150 e. The largest absolute Gasteiger partial charge is 0.382 e. The van der Waals surface area contributed by atoms with Crippen LogP contribution in [-0.2, 0) is 6.54 Å². The monoisotopic (exact) mass is 409 g/mol. The second kappa shape index (κ2) is 8.26. The van der Waals surface area contributed by atoms with Gasteiger partial charge in [-0.2, -0.15) is 5.10 Å². The smallest absolute Gasteiger partial charge is 0.150 e. The van der Waals surface area contributed by atoms with Gasteiger partial charge < -0.3 is 11.1 Å². The highest BCUT2D eigenvalue weighted by atomic mass is 15.3. The zero-order valence-electron chi connectivity index (χ0n) is 17.6. The first-order valence-electron chi connectivity index (χ1n) is 10.9. The second-order valence-electron chi connectivity index (χ2n) is 8.24. The topological polar surface area (TPSA) is 68.8 Å². The average Bonchev–Trinajstić information content (AvgIpc) is 3.47. The van der Waals surface area contributed by atoms with Gasteiger partial charge in [0, 0.05) is 29.7 Å². The molecule has 5 rings (SSSR count). The van der Waals surface area contributed by atoms with Gasteiger partial charge in [-0.05, 0) is 42.2 Å². The molecule has 3 N–H and O–H groups in total. The van der Waals surface area contributed by atoms with E-state index in [2.05, 4.69) is 59.3 Å². The van der Waals surface area contributed by atoms with Crippen LogP contribution in [0.1, 0.15) is 48.4 Å². The van der Waals surface area contributed by atoms with Crippen molar-refractivity contribution in [2.24, 2.45) is 0 Å². The predicted molar refractivity (Wildman–Crippen MR) is 127 cm³/mol. The minimum atomic E-state index is 0.512. The van der Waals surface area contributed by atoms with E-state index in [1.54, 1.807) is 6.20 Å². The fourth-order valence-corrected chi connectivity index (χ4v) is 4.50. The number of benzene rings is 2. The summed E-state index contributed by atoms with van der Waals surface area (Å²) in [5, 5.41) is 9.55. The third-order valence-corrected chi connectivity index (χ3v) is 6.20. The van der Waals surface area contributed by atoms with Gasteiger partial charge in [-0.15, -0.1) is 0 Å². The Morgan fingerprint density at radius 1 is 1.03 bits per heavy atom. The Bertz CT molecular complexity index is 1200. The summed E-state index contributed by atoms with van der Waals surface area (Å²) in [5.74, 6) is 1.04. The SMILES string of the molecule is C=C(NCc1ccc(-n2nc(C3CCCC3)c3ccnc(N)c32)cc1)c1ccccc1. The van der Waals surface area contributed by atoms with Crippen molar-refractivity contribution in [1.82, 2.24) is 20.1 Å². The van der Waals surface area contributed by atoms with Gasteiger partial charge in [0.05, 0.1) is 11.4 Å². The normalized spacial score (nSPS) is 14.2. The zero-order valence-corrected chi connectivity index (χ0v) is 17.6. The molecule has 1 aliphatic carbocycles. The lowest BCUT2D eigenvalue weighted by Crippen LogP contribution is -2.11. The van der Waals surface area contributed by atoms with Gasteiger partial charge in [-0.1, -0.05) is 61.9 Å². The quantitative estimate of drug-likeness (QED) is 0.446. The van der Waals surface area contributed by atoms with E-state index in [0.717, 1.165) is 33.5 Å². The van der Waals surface area contributed by atoms with E-state index in [4.69, 9.17) is 10.8 Å². The Hall–Kier alpha value is -3.60. The summed E-state index contributed by atoms with van der Waals surface area (Å²) < 4.78 is 1.96. The van der Waals surface area contributed by atoms with Crippen molar-refractivity contribution in [3.8, 4) is 5.69 Å². The third kappa shape index (κ3) is 3.79. The Morgan fingerprint density at radius 3 is 2.52 bits per heavy atom. The summed E-state index contributed by atoms with van der Waals surface area (Å²) in [6.07, 6.45) is 6.73. The number of nitrogens with two attached hydrogens (primary N) is 1. The lowest BCUT2D eigenvalue weighted by molar-refractivity contribution is 0.684. The first kappa shape index (κ1) is 19.4. The summed E-state index contributed by atoms with van der Waals surface area (Å²) >= 11 is 0. The van der Waals surface area contributed by atoms with Gasteiger partial charge in [0.1, 0.15) is 11.3 Å². The molecule has 1 fully saturated rings. The number of pyridine rings is 1. The third-order valence-electron chi connectivity index (χ3n) is 6.20. The van der Waals surface area contributed by atoms with E-state index in [1.807, 2.05) is 22.9 Å². The number of nitrogens with zero attached hydrogens (tertiary/aromatic N) is 3. The minimum absolute atomic E-state index is 0.512. The molecule has 4 aromatic rings. The molecule has 156 valence electrons. The maximum atomic E-state index is 6.28. The number of fused-ring (bicyclic) bond motifs is 1. The molecule has 2 aromatic heterocycles. The Balaban J connectivity index is 1.40. The van der Waals surface area contributed by atoms with Crippen LogP contribution in [0.5, 0.6) is 0 Å². The average molecular weight is 410 g/mol. The van der Waals surface area contributed by atoms with Crippen molar-refractivity contribution in [2.45, 2.75) is 38.1 Å². The predicted octanol–water partition coefficient (Wildman–Crippen LogP) is 5.42. The standard InChI is InChI=1S/C26H27N5/c1-18(20-7-3-2-4-8-20)29-17-19-11-13-22(14-12-19)31-25-23(15-16-28-26(25)27)24(30-31)21-9-5-6-10-21/h2-4,7-8,11-16,21,29H,1,5-6,9-10,17H2,(H2,27,28). The van der Waals surface area contributed by atoms with Crippen molar-refractivity contribution >= 4 is 22.4 Å². The number of hydrogen-bond donors (Lipinski definition) is 2. The first-order valence-corrected chi connectivity index (χ1v) is 10.9. The van der Waals surface area contributed by atoms with Gasteiger partial charge in [0.15, 0.2) is 0 Å². The molecule has 0 amide bonds. The van der Waals surface area contributed by atoms with Crippen LogP contribution in [0, 0.1) is 0 Å². The van der Waals surface area contributed by atoms with Crippen LogP contribution < -0.4 is 11.1 Å². The summed E-state index contributed by atoms with van der Waals surface area (Å²) in [6.45, 7) is 4.86. The molecule has 5 heteroatoms. The first-order chi connectivity index (χ1) is 15.2. The zero-order chi connectivity index (χ0) is 21.2. The summed E-state index contributed by atoms with van der Waals surface area (Å²) in [4.78, 5) is 4.33. The lowest BCUT2D eigenvalue weighted by Gasteiger charge is -2.11. The van der Waals surface area contributed by atoms with E-state index in [9.17, 15) is 0 Å². The van der Waals surface area contributed by atoms with Crippen LogP contribution in [-0.4, -0.2) is 14.8 Å². The number of hydrogen-bond acceptors (Lipinski definition) is 4. The van der Waals surface area contributed by atoms with Crippen molar-refractivity contribution in [2.75, 3.05) is 5.73 Å². The van der Waals surface area contributed by atoms with E-state index >= 15 is 0 Å². The Kier molecular flexibility index (Phi) is 5.16. The van der Waals surface area contributed by atoms with Crippen molar-refractivity contribution in [1.29, 1.82) is 0 Å². The summed E-state index contributed by atoms with van der Waals surface area (Å²) in [7, 11) is 0. The van der Waals surface area contributed by atoms with Crippen LogP contribution in [0.25, 0.3) is 22.3 Å². The highest BCUT2D eigenvalue weighted by Crippen LogP contribution is 2.38. The molecule has 0 bridgehead atoms. The molecular weight excluding hydrogens is 382 g/mol. The van der Waals surface area contributed by atoms with Crippen molar-refractivity contribution in [3.63, 3.8) is 0 Å². The van der Waals surface area contributed by atoms with E-state index in [0.29, 0.717) is 18.3 Å². The van der Waals surface area contributed by atoms with Crippen molar-refractivity contribution in [3.05, 3.63) is 90.3 Å². The fourth-order valence-electron chi connectivity index (χ4n) is 4.50. The van der Waals surface area contributed by atoms with Crippen molar-refractivity contribution < 1.29 is 0 Å². The Labute approximate surface area is 182 Å². The molecule has 0 spiro atoms. The molecule has 2 heterocycles. The number of nitrogen functional groups attached to an aromatic ring is 1. The minimum Gasteiger partial charge on any atom is -0.382 e. The van der Waals surface area contributed by atoms with Gasteiger partial charge in [0.2, 0.25) is 0 Å². The van der Waals surface area contributed by atoms with Crippen LogP contribution >= 0.6 is 0 Å².